The Hall–Kier alpha value is -3.48. The zero-order valence-electron chi connectivity index (χ0n) is 14.0. The van der Waals surface area contributed by atoms with Gasteiger partial charge in [0, 0.05) is 24.6 Å². The van der Waals surface area contributed by atoms with Crippen molar-refractivity contribution in [1.82, 2.24) is 19.7 Å². The van der Waals surface area contributed by atoms with Crippen molar-refractivity contribution < 1.29 is 9.21 Å². The Morgan fingerprint density at radius 1 is 1.15 bits per heavy atom. The van der Waals surface area contributed by atoms with Gasteiger partial charge in [-0.1, -0.05) is 30.3 Å². The van der Waals surface area contributed by atoms with Crippen LogP contribution in [0.1, 0.15) is 17.9 Å². The van der Waals surface area contributed by atoms with Crippen molar-refractivity contribution in [2.45, 2.75) is 19.4 Å². The number of aromatic nitrogens is 4. The number of carbonyl (C=O) groups excluding carboxylic acids is 1. The fraction of sp³-hybridized carbons (Fsp3) is 0.158. The third kappa shape index (κ3) is 3.77. The summed E-state index contributed by atoms with van der Waals surface area (Å²) in [5.74, 6) is 0.560. The van der Waals surface area contributed by atoms with E-state index >= 15 is 0 Å². The van der Waals surface area contributed by atoms with Gasteiger partial charge in [0.05, 0.1) is 6.54 Å². The lowest BCUT2D eigenvalue weighted by molar-refractivity contribution is -0.116. The number of oxazole rings is 1. The van der Waals surface area contributed by atoms with Crippen molar-refractivity contribution in [3.63, 3.8) is 0 Å². The van der Waals surface area contributed by atoms with Crippen LogP contribution in [0.3, 0.4) is 0 Å². The van der Waals surface area contributed by atoms with Crippen LogP contribution in [-0.4, -0.2) is 25.7 Å². The topological polar surface area (TPSA) is 85.8 Å². The number of hydrogen-bond acceptors (Lipinski definition) is 5. The fourth-order valence-electron chi connectivity index (χ4n) is 2.68. The number of aryl methyl sites for hydroxylation is 1. The van der Waals surface area contributed by atoms with Gasteiger partial charge < -0.3 is 9.73 Å². The molecule has 0 saturated heterocycles. The first-order chi connectivity index (χ1) is 12.8. The maximum atomic E-state index is 12.1. The van der Waals surface area contributed by atoms with E-state index in [0.29, 0.717) is 36.5 Å². The SMILES string of the molecule is O=C(CCn1cncn1)Nc1ccc2nc(Cc3ccccc3)oc2c1. The third-order valence-electron chi connectivity index (χ3n) is 3.95. The summed E-state index contributed by atoms with van der Waals surface area (Å²) in [6.07, 6.45) is 3.98. The van der Waals surface area contributed by atoms with Gasteiger partial charge in [-0.25, -0.2) is 9.97 Å². The minimum Gasteiger partial charge on any atom is -0.440 e. The minimum absolute atomic E-state index is 0.0936. The molecule has 7 heteroatoms. The van der Waals surface area contributed by atoms with E-state index in [-0.39, 0.29) is 5.91 Å². The highest BCUT2D eigenvalue weighted by atomic mass is 16.3. The summed E-state index contributed by atoms with van der Waals surface area (Å²) >= 11 is 0. The molecule has 4 aromatic rings. The molecule has 1 amide bonds. The first-order valence-electron chi connectivity index (χ1n) is 8.32. The minimum atomic E-state index is -0.0936. The van der Waals surface area contributed by atoms with E-state index in [0.717, 1.165) is 11.1 Å². The second kappa shape index (κ2) is 7.18. The van der Waals surface area contributed by atoms with Crippen LogP contribution in [0.5, 0.6) is 0 Å². The van der Waals surface area contributed by atoms with E-state index in [1.54, 1.807) is 17.1 Å². The number of hydrogen-bond donors (Lipinski definition) is 1. The summed E-state index contributed by atoms with van der Waals surface area (Å²) in [6.45, 7) is 0.484. The summed E-state index contributed by atoms with van der Waals surface area (Å²) in [4.78, 5) is 20.4. The second-order valence-corrected chi connectivity index (χ2v) is 5.91. The molecule has 0 fully saturated rings. The highest BCUT2D eigenvalue weighted by molar-refractivity contribution is 5.92. The summed E-state index contributed by atoms with van der Waals surface area (Å²) in [6, 6.07) is 15.5. The molecule has 0 aliphatic carbocycles. The average Bonchev–Trinajstić information content (AvgIpc) is 3.29. The van der Waals surface area contributed by atoms with Crippen LogP contribution in [0.25, 0.3) is 11.1 Å². The molecule has 0 bridgehead atoms. The number of amides is 1. The molecule has 0 unspecified atom stereocenters. The monoisotopic (exact) mass is 347 g/mol. The molecular weight excluding hydrogens is 330 g/mol. The van der Waals surface area contributed by atoms with Crippen molar-refractivity contribution in [3.05, 3.63) is 72.6 Å². The van der Waals surface area contributed by atoms with E-state index < -0.39 is 0 Å². The maximum absolute atomic E-state index is 12.1. The average molecular weight is 347 g/mol. The normalized spacial score (nSPS) is 10.9. The quantitative estimate of drug-likeness (QED) is 0.579. The Morgan fingerprint density at radius 2 is 2.04 bits per heavy atom. The van der Waals surface area contributed by atoms with Crippen LogP contribution in [0.4, 0.5) is 5.69 Å². The molecule has 130 valence electrons. The van der Waals surface area contributed by atoms with Crippen molar-refractivity contribution in [2.75, 3.05) is 5.32 Å². The van der Waals surface area contributed by atoms with Crippen molar-refractivity contribution in [3.8, 4) is 0 Å². The van der Waals surface area contributed by atoms with Crippen molar-refractivity contribution >= 4 is 22.7 Å². The highest BCUT2D eigenvalue weighted by Crippen LogP contribution is 2.21. The van der Waals surface area contributed by atoms with E-state index in [1.165, 1.54) is 6.33 Å². The molecule has 4 rings (SSSR count). The molecule has 0 saturated carbocycles. The third-order valence-corrected chi connectivity index (χ3v) is 3.95. The first-order valence-corrected chi connectivity index (χ1v) is 8.32. The van der Waals surface area contributed by atoms with Gasteiger partial charge >= 0.3 is 0 Å². The van der Waals surface area contributed by atoms with Crippen LogP contribution in [0.15, 0.2) is 65.6 Å². The molecule has 7 nitrogen and oxygen atoms in total. The van der Waals surface area contributed by atoms with Crippen LogP contribution < -0.4 is 5.32 Å². The van der Waals surface area contributed by atoms with E-state index in [9.17, 15) is 4.79 Å². The van der Waals surface area contributed by atoms with Gasteiger partial charge in [-0.05, 0) is 17.7 Å². The fourth-order valence-corrected chi connectivity index (χ4v) is 2.68. The molecule has 0 aliphatic rings. The van der Waals surface area contributed by atoms with Crippen LogP contribution >= 0.6 is 0 Å². The van der Waals surface area contributed by atoms with Gasteiger partial charge in [-0.3, -0.25) is 9.48 Å². The smallest absolute Gasteiger partial charge is 0.226 e. The van der Waals surface area contributed by atoms with E-state index in [1.807, 2.05) is 42.5 Å². The molecule has 0 aliphatic heterocycles. The van der Waals surface area contributed by atoms with E-state index in [4.69, 9.17) is 4.42 Å². The van der Waals surface area contributed by atoms with Crippen molar-refractivity contribution in [1.29, 1.82) is 0 Å². The lowest BCUT2D eigenvalue weighted by Gasteiger charge is -2.04. The molecular formula is C19H17N5O2. The first kappa shape index (κ1) is 16.0. The standard InChI is InChI=1S/C19H17N5O2/c25-18(8-9-24-13-20-12-21-24)22-15-6-7-16-17(11-15)26-19(23-16)10-14-4-2-1-3-5-14/h1-7,11-13H,8-10H2,(H,22,25). The maximum Gasteiger partial charge on any atom is 0.226 e. The predicted molar refractivity (Wildman–Crippen MR) is 96.5 cm³/mol. The number of nitrogens with one attached hydrogen (secondary N) is 1. The molecule has 0 atom stereocenters. The lowest BCUT2D eigenvalue weighted by atomic mass is 10.1. The Labute approximate surface area is 149 Å². The number of carbonyl (C=O) groups is 1. The summed E-state index contributed by atoms with van der Waals surface area (Å²) < 4.78 is 7.45. The van der Waals surface area contributed by atoms with Crippen LogP contribution in [0, 0.1) is 0 Å². The Balaban J connectivity index is 1.42. The number of anilines is 1. The molecule has 0 radical (unpaired) electrons. The van der Waals surface area contributed by atoms with Gasteiger partial charge in [-0.15, -0.1) is 0 Å². The summed E-state index contributed by atoms with van der Waals surface area (Å²) in [5, 5.41) is 6.84. The van der Waals surface area contributed by atoms with Crippen LogP contribution in [0.2, 0.25) is 0 Å². The predicted octanol–water partition coefficient (Wildman–Crippen LogP) is 3.04. The molecule has 0 spiro atoms. The molecule has 26 heavy (non-hydrogen) atoms. The summed E-state index contributed by atoms with van der Waals surface area (Å²) in [5.41, 5.74) is 3.26. The van der Waals surface area contributed by atoms with Crippen molar-refractivity contribution in [2.24, 2.45) is 0 Å². The Morgan fingerprint density at radius 3 is 2.85 bits per heavy atom. The van der Waals surface area contributed by atoms with E-state index in [2.05, 4.69) is 20.4 Å². The number of rotatable bonds is 6. The lowest BCUT2D eigenvalue weighted by Crippen LogP contribution is -2.14. The zero-order chi connectivity index (χ0) is 17.8. The van der Waals surface area contributed by atoms with Gasteiger partial charge in [0.2, 0.25) is 5.91 Å². The Kier molecular flexibility index (Phi) is 4.42. The summed E-state index contributed by atoms with van der Waals surface area (Å²) in [7, 11) is 0. The second-order valence-electron chi connectivity index (χ2n) is 5.91. The van der Waals surface area contributed by atoms with Gasteiger partial charge in [-0.2, -0.15) is 5.10 Å². The van der Waals surface area contributed by atoms with Crippen LogP contribution in [-0.2, 0) is 17.8 Å². The molecule has 2 aromatic heterocycles. The Bertz CT molecular complexity index is 1010. The largest absolute Gasteiger partial charge is 0.440 e. The number of benzene rings is 2. The van der Waals surface area contributed by atoms with Gasteiger partial charge in [0.15, 0.2) is 11.5 Å². The number of fused-ring (bicyclic) bond motifs is 1. The highest BCUT2D eigenvalue weighted by Gasteiger charge is 2.09. The molecule has 2 aromatic carbocycles. The zero-order valence-corrected chi connectivity index (χ0v) is 14.0. The molecule has 2 heterocycles. The molecule has 1 N–H and O–H groups in total. The number of nitrogens with zero attached hydrogens (tertiary/aromatic N) is 4. The van der Waals surface area contributed by atoms with Gasteiger partial charge in [0.1, 0.15) is 18.2 Å². The van der Waals surface area contributed by atoms with Gasteiger partial charge in [0.25, 0.3) is 0 Å².